The second-order valence-corrected chi connectivity index (χ2v) is 5.34. The third-order valence-electron chi connectivity index (χ3n) is 2.30. The Hall–Kier alpha value is -0.650. The van der Waals surface area contributed by atoms with Gasteiger partial charge in [-0.1, -0.05) is 15.9 Å². The normalized spacial score (nSPS) is 12.8. The summed E-state index contributed by atoms with van der Waals surface area (Å²) in [5, 5.41) is 0. The van der Waals surface area contributed by atoms with E-state index in [-0.39, 0.29) is 6.04 Å². The van der Waals surface area contributed by atoms with Crippen LogP contribution in [0.15, 0.2) is 39.7 Å². The van der Waals surface area contributed by atoms with Gasteiger partial charge in [0.2, 0.25) is 0 Å². The molecule has 3 nitrogen and oxygen atoms in total. The fourth-order valence-electron chi connectivity index (χ4n) is 1.51. The van der Waals surface area contributed by atoms with E-state index < -0.39 is 0 Å². The van der Waals surface area contributed by atoms with E-state index in [1.54, 1.807) is 12.5 Å². The average molecular weight is 345 g/mol. The van der Waals surface area contributed by atoms with Crippen molar-refractivity contribution in [2.45, 2.75) is 13.0 Å². The summed E-state index contributed by atoms with van der Waals surface area (Å²) in [6.45, 7) is 1.94. The molecule has 2 rings (SSSR count). The summed E-state index contributed by atoms with van der Waals surface area (Å²) in [4.78, 5) is 4.14. The Morgan fingerprint density at radius 1 is 1.38 bits per heavy atom. The summed E-state index contributed by atoms with van der Waals surface area (Å²) in [5.41, 5.74) is 7.91. The number of aromatic nitrogens is 2. The fraction of sp³-hybridized carbons (Fsp3) is 0.182. The van der Waals surface area contributed by atoms with E-state index in [0.29, 0.717) is 0 Å². The first-order valence-corrected chi connectivity index (χ1v) is 6.41. The molecule has 0 radical (unpaired) electrons. The molecule has 2 N–H and O–H groups in total. The van der Waals surface area contributed by atoms with Crippen LogP contribution in [-0.4, -0.2) is 9.55 Å². The Kier molecular flexibility index (Phi) is 3.47. The van der Waals surface area contributed by atoms with Crippen molar-refractivity contribution in [1.82, 2.24) is 9.55 Å². The molecule has 0 unspecified atom stereocenters. The van der Waals surface area contributed by atoms with E-state index in [2.05, 4.69) is 36.8 Å². The maximum Gasteiger partial charge on any atom is 0.0995 e. The summed E-state index contributed by atoms with van der Waals surface area (Å²) in [5.74, 6) is 0. The lowest BCUT2D eigenvalue weighted by Crippen LogP contribution is -2.10. The van der Waals surface area contributed by atoms with E-state index in [0.717, 1.165) is 20.3 Å². The predicted octanol–water partition coefficient (Wildman–Crippen LogP) is 3.42. The van der Waals surface area contributed by atoms with Crippen LogP contribution in [0.4, 0.5) is 0 Å². The van der Waals surface area contributed by atoms with Gasteiger partial charge in [-0.25, -0.2) is 4.98 Å². The molecule has 0 spiro atoms. The quantitative estimate of drug-likeness (QED) is 0.907. The Balaban J connectivity index is 2.58. The van der Waals surface area contributed by atoms with Gasteiger partial charge in [0, 0.05) is 15.0 Å². The molecule has 0 aliphatic rings. The van der Waals surface area contributed by atoms with Gasteiger partial charge in [-0.15, -0.1) is 0 Å². The molecule has 0 amide bonds. The summed E-state index contributed by atoms with van der Waals surface area (Å²) in [7, 11) is 0. The van der Waals surface area contributed by atoms with Gasteiger partial charge in [-0.05, 0) is 41.1 Å². The molecule has 0 saturated carbocycles. The summed E-state index contributed by atoms with van der Waals surface area (Å²) in [6.07, 6.45) is 3.56. The van der Waals surface area contributed by atoms with Crippen molar-refractivity contribution in [3.8, 4) is 5.69 Å². The molecule has 2 aromatic rings. The molecule has 0 fully saturated rings. The van der Waals surface area contributed by atoms with Gasteiger partial charge in [-0.2, -0.15) is 0 Å². The molecular formula is C11H11Br2N3. The van der Waals surface area contributed by atoms with Gasteiger partial charge in [0.1, 0.15) is 0 Å². The highest BCUT2D eigenvalue weighted by molar-refractivity contribution is 9.11. The highest BCUT2D eigenvalue weighted by Crippen LogP contribution is 2.27. The molecule has 1 atom stereocenters. The van der Waals surface area contributed by atoms with Gasteiger partial charge in [0.25, 0.3) is 0 Å². The van der Waals surface area contributed by atoms with Crippen molar-refractivity contribution >= 4 is 31.9 Å². The monoisotopic (exact) mass is 343 g/mol. The van der Waals surface area contributed by atoms with Crippen molar-refractivity contribution in [2.75, 3.05) is 0 Å². The van der Waals surface area contributed by atoms with Crippen LogP contribution in [0.25, 0.3) is 5.69 Å². The number of nitrogens with zero attached hydrogens (tertiary/aromatic N) is 2. The topological polar surface area (TPSA) is 43.8 Å². The zero-order chi connectivity index (χ0) is 11.7. The zero-order valence-corrected chi connectivity index (χ0v) is 11.9. The van der Waals surface area contributed by atoms with Crippen LogP contribution >= 0.6 is 31.9 Å². The van der Waals surface area contributed by atoms with Crippen molar-refractivity contribution in [2.24, 2.45) is 5.73 Å². The Labute approximate surface area is 111 Å². The highest BCUT2D eigenvalue weighted by Gasteiger charge is 2.10. The number of rotatable bonds is 2. The van der Waals surface area contributed by atoms with E-state index >= 15 is 0 Å². The van der Waals surface area contributed by atoms with E-state index in [9.17, 15) is 0 Å². The van der Waals surface area contributed by atoms with Crippen molar-refractivity contribution in [3.63, 3.8) is 0 Å². The molecule has 1 aromatic heterocycles. The first-order valence-electron chi connectivity index (χ1n) is 4.83. The van der Waals surface area contributed by atoms with Gasteiger partial charge in [-0.3, -0.25) is 0 Å². The SMILES string of the molecule is C[C@@H](N)c1cncn1-c1cc(Br)ccc1Br. The summed E-state index contributed by atoms with van der Waals surface area (Å²) < 4.78 is 4.02. The predicted molar refractivity (Wildman–Crippen MR) is 71.6 cm³/mol. The number of hydrogen-bond donors (Lipinski definition) is 1. The Morgan fingerprint density at radius 2 is 2.12 bits per heavy atom. The second kappa shape index (κ2) is 4.69. The maximum atomic E-state index is 5.90. The first kappa shape index (κ1) is 11.8. The van der Waals surface area contributed by atoms with Crippen molar-refractivity contribution < 1.29 is 0 Å². The highest BCUT2D eigenvalue weighted by atomic mass is 79.9. The minimum absolute atomic E-state index is 0.0478. The van der Waals surface area contributed by atoms with Crippen molar-refractivity contribution in [1.29, 1.82) is 0 Å². The minimum atomic E-state index is -0.0478. The van der Waals surface area contributed by atoms with Gasteiger partial charge in [0.05, 0.1) is 23.9 Å². The number of hydrogen-bond acceptors (Lipinski definition) is 2. The molecule has 5 heteroatoms. The zero-order valence-electron chi connectivity index (χ0n) is 8.69. The minimum Gasteiger partial charge on any atom is -0.323 e. The summed E-state index contributed by atoms with van der Waals surface area (Å²) in [6, 6.07) is 5.95. The Bertz CT molecular complexity index is 506. The number of benzene rings is 1. The van der Waals surface area contributed by atoms with E-state index in [1.165, 1.54) is 0 Å². The number of nitrogens with two attached hydrogens (primary N) is 1. The smallest absolute Gasteiger partial charge is 0.0995 e. The molecule has 0 aliphatic carbocycles. The number of halogens is 2. The third kappa shape index (κ3) is 2.21. The third-order valence-corrected chi connectivity index (χ3v) is 3.47. The molecular weight excluding hydrogens is 334 g/mol. The van der Waals surface area contributed by atoms with Crippen LogP contribution in [0.5, 0.6) is 0 Å². The molecule has 84 valence electrons. The average Bonchev–Trinajstić information content (AvgIpc) is 2.70. The number of imidazole rings is 1. The molecule has 1 aromatic carbocycles. The summed E-state index contributed by atoms with van der Waals surface area (Å²) >= 11 is 6.98. The van der Waals surface area contributed by atoms with Gasteiger partial charge in [0.15, 0.2) is 0 Å². The fourth-order valence-corrected chi connectivity index (χ4v) is 2.30. The molecule has 1 heterocycles. The first-order chi connectivity index (χ1) is 7.59. The van der Waals surface area contributed by atoms with Crippen LogP contribution < -0.4 is 5.73 Å². The molecule has 16 heavy (non-hydrogen) atoms. The maximum absolute atomic E-state index is 5.90. The largest absolute Gasteiger partial charge is 0.323 e. The molecule has 0 saturated heterocycles. The van der Waals surface area contributed by atoms with E-state index in [1.807, 2.05) is 29.7 Å². The van der Waals surface area contributed by atoms with Crippen LogP contribution in [0, 0.1) is 0 Å². The van der Waals surface area contributed by atoms with E-state index in [4.69, 9.17) is 5.73 Å². The van der Waals surface area contributed by atoms with Gasteiger partial charge >= 0.3 is 0 Å². The van der Waals surface area contributed by atoms with Crippen LogP contribution in [-0.2, 0) is 0 Å². The van der Waals surface area contributed by atoms with Crippen LogP contribution in [0.2, 0.25) is 0 Å². The van der Waals surface area contributed by atoms with Crippen LogP contribution in [0.3, 0.4) is 0 Å². The lowest BCUT2D eigenvalue weighted by molar-refractivity contribution is 0.751. The van der Waals surface area contributed by atoms with Crippen LogP contribution in [0.1, 0.15) is 18.7 Å². The van der Waals surface area contributed by atoms with Crippen molar-refractivity contribution in [3.05, 3.63) is 45.4 Å². The second-order valence-electron chi connectivity index (χ2n) is 3.57. The lowest BCUT2D eigenvalue weighted by atomic mass is 10.2. The molecule has 0 aliphatic heterocycles. The molecule has 0 bridgehead atoms. The van der Waals surface area contributed by atoms with Gasteiger partial charge < -0.3 is 10.3 Å². The standard InChI is InChI=1S/C11H11Br2N3/c1-7(14)11-5-15-6-16(11)10-4-8(12)2-3-9(10)13/h2-7H,14H2,1H3/t7-/m1/s1. The Morgan fingerprint density at radius 3 is 2.81 bits per heavy atom. The lowest BCUT2D eigenvalue weighted by Gasteiger charge is -2.12.